The zero-order valence-electron chi connectivity index (χ0n) is 13.7. The number of halogens is 3. The summed E-state index contributed by atoms with van der Waals surface area (Å²) >= 11 is 15.7. The maximum Gasteiger partial charge on any atom is 0.124 e. The van der Waals surface area contributed by atoms with Crippen molar-refractivity contribution in [2.24, 2.45) is 0 Å². The number of ether oxygens (including phenoxy) is 2. The number of benzene rings is 2. The molecule has 0 bridgehead atoms. The van der Waals surface area contributed by atoms with Crippen LogP contribution in [0.4, 0.5) is 0 Å². The molecule has 2 aromatic carbocycles. The summed E-state index contributed by atoms with van der Waals surface area (Å²) in [6.07, 6.45) is 2.60. The molecule has 1 heterocycles. The van der Waals surface area contributed by atoms with Crippen molar-refractivity contribution >= 4 is 39.1 Å². The Morgan fingerprint density at radius 1 is 1.16 bits per heavy atom. The average molecular weight is 445 g/mol. The Kier molecular flexibility index (Phi) is 7.02. The van der Waals surface area contributed by atoms with Crippen LogP contribution in [0.1, 0.15) is 24.0 Å². The van der Waals surface area contributed by atoms with Crippen molar-refractivity contribution < 1.29 is 9.47 Å². The molecular formula is C19H20BrCl2NO2. The molecule has 1 fully saturated rings. The van der Waals surface area contributed by atoms with E-state index in [4.69, 9.17) is 32.7 Å². The number of hydrogen-bond acceptors (Lipinski definition) is 3. The molecule has 1 aliphatic heterocycles. The second-order valence-corrected chi connectivity index (χ2v) is 7.80. The van der Waals surface area contributed by atoms with E-state index in [1.165, 1.54) is 0 Å². The van der Waals surface area contributed by atoms with Crippen LogP contribution in [0.25, 0.3) is 0 Å². The number of nitrogens with one attached hydrogen (secondary N) is 1. The molecule has 0 unspecified atom stereocenters. The zero-order chi connectivity index (χ0) is 17.6. The van der Waals surface area contributed by atoms with Gasteiger partial charge in [0.15, 0.2) is 0 Å². The van der Waals surface area contributed by atoms with E-state index in [0.717, 1.165) is 53.9 Å². The molecule has 1 N–H and O–H groups in total. The van der Waals surface area contributed by atoms with Gasteiger partial charge in [0.2, 0.25) is 0 Å². The van der Waals surface area contributed by atoms with Gasteiger partial charge in [0, 0.05) is 45.3 Å². The largest absolute Gasteiger partial charge is 0.489 e. The minimum Gasteiger partial charge on any atom is -0.489 e. The van der Waals surface area contributed by atoms with Gasteiger partial charge in [-0.15, -0.1) is 0 Å². The highest BCUT2D eigenvalue weighted by Gasteiger charge is 2.15. The van der Waals surface area contributed by atoms with Crippen molar-refractivity contribution in [3.8, 4) is 5.75 Å². The maximum atomic E-state index is 6.22. The monoisotopic (exact) mass is 443 g/mol. The third kappa shape index (κ3) is 5.60. The highest BCUT2D eigenvalue weighted by molar-refractivity contribution is 9.10. The lowest BCUT2D eigenvalue weighted by Crippen LogP contribution is -2.26. The molecule has 0 amide bonds. The second kappa shape index (κ2) is 9.24. The predicted molar refractivity (Wildman–Crippen MR) is 106 cm³/mol. The fourth-order valence-corrected chi connectivity index (χ4v) is 3.67. The zero-order valence-corrected chi connectivity index (χ0v) is 16.8. The molecule has 0 aromatic heterocycles. The normalized spacial score (nSPS) is 17.0. The van der Waals surface area contributed by atoms with Gasteiger partial charge in [0.05, 0.1) is 6.10 Å². The van der Waals surface area contributed by atoms with Crippen molar-refractivity contribution in [3.05, 3.63) is 62.0 Å². The molecule has 0 spiro atoms. The lowest BCUT2D eigenvalue weighted by atomic mass is 10.2. The van der Waals surface area contributed by atoms with Crippen molar-refractivity contribution in [2.45, 2.75) is 32.1 Å². The van der Waals surface area contributed by atoms with E-state index in [1.54, 1.807) is 6.07 Å². The minimum atomic E-state index is 0.324. The molecule has 3 rings (SSSR count). The SMILES string of the molecule is Clc1ccc(COc2ccc(Br)cc2CNC[C@@H]2CCCO2)c(Cl)c1. The van der Waals surface area contributed by atoms with Gasteiger partial charge < -0.3 is 14.8 Å². The van der Waals surface area contributed by atoms with Gasteiger partial charge >= 0.3 is 0 Å². The first kappa shape index (κ1) is 19.0. The van der Waals surface area contributed by atoms with Gasteiger partial charge in [-0.1, -0.05) is 45.2 Å². The van der Waals surface area contributed by atoms with Gasteiger partial charge in [-0.2, -0.15) is 0 Å². The minimum absolute atomic E-state index is 0.324. The molecule has 2 aromatic rings. The van der Waals surface area contributed by atoms with Crippen molar-refractivity contribution in [1.29, 1.82) is 0 Å². The third-order valence-corrected chi connectivity index (χ3v) is 5.21. The molecule has 1 saturated heterocycles. The Labute approximate surface area is 166 Å². The van der Waals surface area contributed by atoms with Gasteiger partial charge in [0.1, 0.15) is 12.4 Å². The molecular weight excluding hydrogens is 425 g/mol. The Morgan fingerprint density at radius 3 is 2.80 bits per heavy atom. The first-order valence-corrected chi connectivity index (χ1v) is 9.84. The van der Waals surface area contributed by atoms with E-state index in [0.29, 0.717) is 22.8 Å². The summed E-state index contributed by atoms with van der Waals surface area (Å²) in [5, 5.41) is 4.69. The van der Waals surface area contributed by atoms with E-state index in [9.17, 15) is 0 Å². The van der Waals surface area contributed by atoms with Crippen LogP contribution in [-0.4, -0.2) is 19.3 Å². The van der Waals surface area contributed by atoms with Gasteiger partial charge in [-0.3, -0.25) is 0 Å². The smallest absolute Gasteiger partial charge is 0.124 e. The summed E-state index contributed by atoms with van der Waals surface area (Å²) in [5.41, 5.74) is 2.00. The molecule has 6 heteroatoms. The fraction of sp³-hybridized carbons (Fsp3) is 0.368. The molecule has 1 atom stereocenters. The quantitative estimate of drug-likeness (QED) is 0.602. The fourth-order valence-electron chi connectivity index (χ4n) is 2.79. The van der Waals surface area contributed by atoms with Crippen LogP contribution >= 0.6 is 39.1 Å². The first-order chi connectivity index (χ1) is 12.1. The summed E-state index contributed by atoms with van der Waals surface area (Å²) in [7, 11) is 0. The Balaban J connectivity index is 1.61. The molecule has 25 heavy (non-hydrogen) atoms. The number of rotatable bonds is 7. The number of hydrogen-bond donors (Lipinski definition) is 1. The average Bonchev–Trinajstić information content (AvgIpc) is 3.09. The highest BCUT2D eigenvalue weighted by atomic mass is 79.9. The lowest BCUT2D eigenvalue weighted by Gasteiger charge is -2.15. The lowest BCUT2D eigenvalue weighted by molar-refractivity contribution is 0.110. The van der Waals surface area contributed by atoms with Crippen LogP contribution in [0.3, 0.4) is 0 Å². The summed E-state index contributed by atoms with van der Waals surface area (Å²) < 4.78 is 12.7. The Hall–Kier alpha value is -0.780. The first-order valence-electron chi connectivity index (χ1n) is 8.29. The molecule has 134 valence electrons. The summed E-state index contributed by atoms with van der Waals surface area (Å²) in [4.78, 5) is 0. The standard InChI is InChI=1S/C19H20BrCl2NO2/c20-15-4-6-19(25-12-13-3-5-16(21)9-18(13)22)14(8-15)10-23-11-17-2-1-7-24-17/h3-6,8-9,17,23H,1-2,7,10-12H2/t17-/m0/s1. The van der Waals surface area contributed by atoms with E-state index in [-0.39, 0.29) is 0 Å². The van der Waals surface area contributed by atoms with Crippen LogP contribution in [0, 0.1) is 0 Å². The van der Waals surface area contributed by atoms with Crippen molar-refractivity contribution in [2.75, 3.05) is 13.2 Å². The topological polar surface area (TPSA) is 30.5 Å². The van der Waals surface area contributed by atoms with Gasteiger partial charge in [-0.05, 0) is 43.2 Å². The Morgan fingerprint density at radius 2 is 2.04 bits per heavy atom. The third-order valence-electron chi connectivity index (χ3n) is 4.13. The molecule has 0 aliphatic carbocycles. The highest BCUT2D eigenvalue weighted by Crippen LogP contribution is 2.26. The van der Waals surface area contributed by atoms with E-state index < -0.39 is 0 Å². The van der Waals surface area contributed by atoms with E-state index in [1.807, 2.05) is 24.3 Å². The van der Waals surface area contributed by atoms with Crippen molar-refractivity contribution in [3.63, 3.8) is 0 Å². The van der Waals surface area contributed by atoms with Gasteiger partial charge in [0.25, 0.3) is 0 Å². The van der Waals surface area contributed by atoms with Crippen LogP contribution in [0.15, 0.2) is 40.9 Å². The summed E-state index contributed by atoms with van der Waals surface area (Å²) in [5.74, 6) is 0.842. The molecule has 0 saturated carbocycles. The van der Waals surface area contributed by atoms with Crippen LogP contribution in [0.2, 0.25) is 10.0 Å². The molecule has 1 aliphatic rings. The van der Waals surface area contributed by atoms with Crippen molar-refractivity contribution in [1.82, 2.24) is 5.32 Å². The molecule has 0 radical (unpaired) electrons. The van der Waals surface area contributed by atoms with E-state index >= 15 is 0 Å². The molecule has 3 nitrogen and oxygen atoms in total. The maximum absolute atomic E-state index is 6.22. The predicted octanol–water partition coefficient (Wildman–Crippen LogP) is 5.60. The Bertz CT molecular complexity index is 721. The van der Waals surface area contributed by atoms with Crippen LogP contribution in [-0.2, 0) is 17.9 Å². The summed E-state index contributed by atoms with van der Waals surface area (Å²) in [6.45, 7) is 2.85. The van der Waals surface area contributed by atoms with Crippen LogP contribution < -0.4 is 10.1 Å². The van der Waals surface area contributed by atoms with E-state index in [2.05, 4.69) is 27.3 Å². The second-order valence-electron chi connectivity index (χ2n) is 6.04. The van der Waals surface area contributed by atoms with Gasteiger partial charge in [-0.25, -0.2) is 0 Å². The van der Waals surface area contributed by atoms with Crippen LogP contribution in [0.5, 0.6) is 5.75 Å². The summed E-state index contributed by atoms with van der Waals surface area (Å²) in [6, 6.07) is 11.4.